The number of anilines is 1. The van der Waals surface area contributed by atoms with Gasteiger partial charge in [-0.05, 0) is 30.3 Å². The van der Waals surface area contributed by atoms with Crippen LogP contribution >= 0.6 is 0 Å². The highest BCUT2D eigenvalue weighted by atomic mass is 32.2. The summed E-state index contributed by atoms with van der Waals surface area (Å²) in [7, 11) is -7.04. The third kappa shape index (κ3) is 3.12. The minimum atomic E-state index is -3.74. The van der Waals surface area contributed by atoms with Gasteiger partial charge in [0.05, 0.1) is 11.1 Å². The van der Waals surface area contributed by atoms with E-state index in [0.29, 0.717) is 0 Å². The zero-order valence-electron chi connectivity index (χ0n) is 9.86. The highest BCUT2D eigenvalue weighted by Crippen LogP contribution is 2.17. The Bertz CT molecular complexity index is 763. The van der Waals surface area contributed by atoms with Gasteiger partial charge in [-0.15, -0.1) is 0 Å². The van der Waals surface area contributed by atoms with Gasteiger partial charge in [0.15, 0.2) is 14.9 Å². The Labute approximate surface area is 110 Å². The summed E-state index contributed by atoms with van der Waals surface area (Å²) in [5.74, 6) is 0. The van der Waals surface area contributed by atoms with E-state index in [1.165, 1.54) is 36.5 Å². The second-order valence-electron chi connectivity index (χ2n) is 3.82. The molecular formula is C10H11N3O4S2. The van der Waals surface area contributed by atoms with Crippen molar-refractivity contribution in [2.75, 3.05) is 11.0 Å². The number of benzene rings is 1. The second kappa shape index (κ2) is 4.67. The number of hydrogen-bond acceptors (Lipinski definition) is 5. The third-order valence-electron chi connectivity index (χ3n) is 2.30. The first-order valence-corrected chi connectivity index (χ1v) is 8.49. The first-order chi connectivity index (χ1) is 8.79. The van der Waals surface area contributed by atoms with Crippen molar-refractivity contribution in [2.45, 2.75) is 9.92 Å². The van der Waals surface area contributed by atoms with Crippen LogP contribution in [0.1, 0.15) is 0 Å². The summed E-state index contributed by atoms with van der Waals surface area (Å²) >= 11 is 0. The molecule has 0 saturated carbocycles. The minimum Gasteiger partial charge on any atom is -0.278 e. The molecule has 0 spiro atoms. The van der Waals surface area contributed by atoms with Crippen LogP contribution in [0.25, 0.3) is 0 Å². The summed E-state index contributed by atoms with van der Waals surface area (Å²) in [6.45, 7) is 0. The van der Waals surface area contributed by atoms with Gasteiger partial charge in [-0.2, -0.15) is 13.5 Å². The standard InChI is InChI=1S/C10H11N3O4S2/c1-18(14,15)9-4-2-8(3-5-9)13-19(16,17)10-6-7-11-12-10/h2-7,13H,1H3,(H,11,12). The number of hydrogen-bond donors (Lipinski definition) is 2. The van der Waals surface area contributed by atoms with Gasteiger partial charge in [0.25, 0.3) is 10.0 Å². The molecule has 1 aromatic carbocycles. The van der Waals surface area contributed by atoms with E-state index < -0.39 is 19.9 Å². The van der Waals surface area contributed by atoms with Crippen molar-refractivity contribution in [3.05, 3.63) is 36.5 Å². The molecule has 0 aliphatic heterocycles. The van der Waals surface area contributed by atoms with Crippen LogP contribution in [-0.4, -0.2) is 33.3 Å². The van der Waals surface area contributed by atoms with E-state index in [-0.39, 0.29) is 15.6 Å². The number of sulfonamides is 1. The normalized spacial score (nSPS) is 12.3. The van der Waals surface area contributed by atoms with Crippen LogP contribution in [0.5, 0.6) is 0 Å². The summed E-state index contributed by atoms with van der Waals surface area (Å²) in [6, 6.07) is 6.74. The smallest absolute Gasteiger partial charge is 0.278 e. The van der Waals surface area contributed by atoms with E-state index in [1.807, 2.05) is 0 Å². The van der Waals surface area contributed by atoms with E-state index in [2.05, 4.69) is 14.9 Å². The second-order valence-corrected chi connectivity index (χ2v) is 7.49. The van der Waals surface area contributed by atoms with Crippen LogP contribution in [0.4, 0.5) is 5.69 Å². The van der Waals surface area contributed by atoms with Gasteiger partial charge in [0, 0.05) is 11.9 Å². The molecule has 9 heteroatoms. The van der Waals surface area contributed by atoms with Gasteiger partial charge in [-0.3, -0.25) is 9.82 Å². The summed E-state index contributed by atoms with van der Waals surface area (Å²) < 4.78 is 48.5. The molecule has 1 heterocycles. The van der Waals surface area contributed by atoms with Gasteiger partial charge in [-0.25, -0.2) is 8.42 Å². The van der Waals surface area contributed by atoms with Crippen LogP contribution in [0.2, 0.25) is 0 Å². The van der Waals surface area contributed by atoms with Crippen LogP contribution in [-0.2, 0) is 19.9 Å². The fraction of sp³-hybridized carbons (Fsp3) is 0.100. The third-order valence-corrected chi connectivity index (χ3v) is 4.74. The molecule has 0 saturated heterocycles. The van der Waals surface area contributed by atoms with Crippen molar-refractivity contribution in [3.63, 3.8) is 0 Å². The molecule has 0 bridgehead atoms. The summed E-state index contributed by atoms with van der Waals surface area (Å²) in [4.78, 5) is 0.122. The van der Waals surface area contributed by atoms with Gasteiger partial charge in [0.2, 0.25) is 0 Å². The Morgan fingerprint density at radius 3 is 2.16 bits per heavy atom. The van der Waals surface area contributed by atoms with Crippen molar-refractivity contribution >= 4 is 25.5 Å². The molecule has 2 N–H and O–H groups in total. The summed E-state index contributed by atoms with van der Waals surface area (Å²) in [5.41, 5.74) is 0.266. The number of rotatable bonds is 4. The van der Waals surface area contributed by atoms with E-state index >= 15 is 0 Å². The quantitative estimate of drug-likeness (QED) is 0.860. The molecule has 0 radical (unpaired) electrons. The fourth-order valence-corrected chi connectivity index (χ4v) is 2.97. The van der Waals surface area contributed by atoms with E-state index in [9.17, 15) is 16.8 Å². The molecule has 0 unspecified atom stereocenters. The Kier molecular flexibility index (Phi) is 3.33. The summed E-state index contributed by atoms with van der Waals surface area (Å²) in [5, 5.41) is 5.82. The van der Waals surface area contributed by atoms with E-state index in [1.54, 1.807) is 0 Å². The van der Waals surface area contributed by atoms with Crippen molar-refractivity contribution in [1.82, 2.24) is 10.2 Å². The lowest BCUT2D eigenvalue weighted by Crippen LogP contribution is -2.13. The van der Waals surface area contributed by atoms with Gasteiger partial charge >= 0.3 is 0 Å². The molecule has 1 aromatic heterocycles. The SMILES string of the molecule is CS(=O)(=O)c1ccc(NS(=O)(=O)c2ccn[nH]2)cc1. The predicted octanol–water partition coefficient (Wildman–Crippen LogP) is 0.614. The Morgan fingerprint density at radius 2 is 1.68 bits per heavy atom. The number of nitrogens with zero attached hydrogens (tertiary/aromatic N) is 1. The lowest BCUT2D eigenvalue weighted by atomic mass is 10.3. The maximum atomic E-state index is 11.8. The Hall–Kier alpha value is -1.87. The van der Waals surface area contributed by atoms with Gasteiger partial charge in [0.1, 0.15) is 0 Å². The van der Waals surface area contributed by atoms with Crippen LogP contribution in [0.15, 0.2) is 46.5 Å². The first-order valence-electron chi connectivity index (χ1n) is 5.11. The first kappa shape index (κ1) is 13.6. The maximum absolute atomic E-state index is 11.8. The zero-order chi connectivity index (χ0) is 14.1. The van der Waals surface area contributed by atoms with Gasteiger partial charge in [-0.1, -0.05) is 0 Å². The highest BCUT2D eigenvalue weighted by molar-refractivity contribution is 7.92. The Balaban J connectivity index is 2.26. The molecule has 0 atom stereocenters. The molecular weight excluding hydrogens is 290 g/mol. The van der Waals surface area contributed by atoms with Crippen LogP contribution in [0.3, 0.4) is 0 Å². The Morgan fingerprint density at radius 1 is 1.05 bits per heavy atom. The fourth-order valence-electron chi connectivity index (χ4n) is 1.37. The number of aromatic amines is 1. The maximum Gasteiger partial charge on any atom is 0.278 e. The highest BCUT2D eigenvalue weighted by Gasteiger charge is 2.15. The van der Waals surface area contributed by atoms with Crippen LogP contribution < -0.4 is 4.72 Å². The van der Waals surface area contributed by atoms with Crippen molar-refractivity contribution in [3.8, 4) is 0 Å². The largest absolute Gasteiger partial charge is 0.278 e. The number of aromatic nitrogens is 2. The number of nitrogens with one attached hydrogen (secondary N) is 2. The molecule has 0 amide bonds. The average Bonchev–Trinajstić information content (AvgIpc) is 2.82. The van der Waals surface area contributed by atoms with Crippen molar-refractivity contribution in [2.24, 2.45) is 0 Å². The molecule has 7 nitrogen and oxygen atoms in total. The van der Waals surface area contributed by atoms with Crippen LogP contribution in [0, 0.1) is 0 Å². The predicted molar refractivity (Wildman–Crippen MR) is 68.9 cm³/mol. The minimum absolute atomic E-state index is 0.0697. The molecule has 0 aliphatic carbocycles. The molecule has 2 rings (SSSR count). The average molecular weight is 301 g/mol. The molecule has 0 aliphatic rings. The molecule has 0 fully saturated rings. The van der Waals surface area contributed by atoms with Crippen molar-refractivity contribution < 1.29 is 16.8 Å². The molecule has 2 aromatic rings. The van der Waals surface area contributed by atoms with E-state index in [4.69, 9.17) is 0 Å². The topological polar surface area (TPSA) is 109 Å². The number of sulfone groups is 1. The number of H-pyrrole nitrogens is 1. The zero-order valence-corrected chi connectivity index (χ0v) is 11.5. The monoisotopic (exact) mass is 301 g/mol. The molecule has 102 valence electrons. The van der Waals surface area contributed by atoms with Crippen molar-refractivity contribution in [1.29, 1.82) is 0 Å². The van der Waals surface area contributed by atoms with E-state index in [0.717, 1.165) is 6.26 Å². The molecule has 19 heavy (non-hydrogen) atoms. The lowest BCUT2D eigenvalue weighted by Gasteiger charge is -2.06. The lowest BCUT2D eigenvalue weighted by molar-refractivity contribution is 0.597. The van der Waals surface area contributed by atoms with Gasteiger partial charge < -0.3 is 0 Å². The summed E-state index contributed by atoms with van der Waals surface area (Å²) in [6.07, 6.45) is 2.40.